The highest BCUT2D eigenvalue weighted by molar-refractivity contribution is 5.79. The Balaban J connectivity index is 0.000000686. The Hall–Kier alpha value is -1.38. The summed E-state index contributed by atoms with van der Waals surface area (Å²) in [5.41, 5.74) is 4.51. The Bertz CT molecular complexity index is 485. The van der Waals surface area contributed by atoms with Crippen molar-refractivity contribution in [2.75, 3.05) is 0 Å². The van der Waals surface area contributed by atoms with Gasteiger partial charge < -0.3 is 4.57 Å². The Morgan fingerprint density at radius 2 is 1.94 bits per heavy atom. The van der Waals surface area contributed by atoms with Crippen molar-refractivity contribution in [3.63, 3.8) is 0 Å². The maximum Gasteiger partial charge on any atom is 0.114 e. The molecule has 2 rings (SSSR count). The van der Waals surface area contributed by atoms with Gasteiger partial charge in [-0.15, -0.1) is 5.10 Å². The molecule has 1 atom stereocenters. The minimum atomic E-state index is 0.547. The smallest absolute Gasteiger partial charge is 0.114 e. The largest absolute Gasteiger partial charge is 0.349 e. The van der Waals surface area contributed by atoms with E-state index < -0.39 is 0 Å². The molecule has 0 aliphatic heterocycles. The fraction of sp³-hybridized carbons (Fsp3) is 0.571. The van der Waals surface area contributed by atoms with Crippen molar-refractivity contribution < 1.29 is 0 Å². The van der Waals surface area contributed by atoms with Gasteiger partial charge in [0.05, 0.1) is 11.2 Å². The number of aryl methyl sites for hydroxylation is 2. The van der Waals surface area contributed by atoms with Gasteiger partial charge in [-0.1, -0.05) is 27.7 Å². The second-order valence-corrected chi connectivity index (χ2v) is 4.22. The van der Waals surface area contributed by atoms with Crippen molar-refractivity contribution in [2.45, 2.75) is 47.0 Å². The summed E-state index contributed by atoms with van der Waals surface area (Å²) in [7, 11) is 2.06. The molecule has 94 valence electrons. The van der Waals surface area contributed by atoms with Crippen LogP contribution in [0, 0.1) is 6.92 Å². The van der Waals surface area contributed by atoms with E-state index in [9.17, 15) is 0 Å². The fourth-order valence-electron chi connectivity index (χ4n) is 1.87. The molecule has 0 bridgehead atoms. The lowest BCUT2D eigenvalue weighted by Gasteiger charge is -2.04. The van der Waals surface area contributed by atoms with Crippen molar-refractivity contribution in [2.24, 2.45) is 7.05 Å². The van der Waals surface area contributed by atoms with E-state index in [4.69, 9.17) is 0 Å². The molecule has 0 aliphatic carbocycles. The molecule has 3 heteroatoms. The van der Waals surface area contributed by atoms with E-state index >= 15 is 0 Å². The molecule has 2 aromatic rings. The lowest BCUT2D eigenvalue weighted by Crippen LogP contribution is -1.92. The first-order chi connectivity index (χ1) is 8.13. The van der Waals surface area contributed by atoms with E-state index in [1.54, 1.807) is 0 Å². The van der Waals surface area contributed by atoms with Crippen molar-refractivity contribution in [3.8, 4) is 0 Å². The third-order valence-electron chi connectivity index (χ3n) is 3.03. The van der Waals surface area contributed by atoms with Crippen molar-refractivity contribution in [1.82, 2.24) is 14.8 Å². The number of fused-ring (bicyclic) bond motifs is 1. The van der Waals surface area contributed by atoms with Crippen molar-refractivity contribution in [1.29, 1.82) is 0 Å². The van der Waals surface area contributed by atoms with Crippen LogP contribution in [-0.2, 0) is 7.05 Å². The van der Waals surface area contributed by atoms with Gasteiger partial charge in [0, 0.05) is 18.8 Å². The highest BCUT2D eigenvalue weighted by Crippen LogP contribution is 2.27. The van der Waals surface area contributed by atoms with Gasteiger partial charge in [-0.25, -0.2) is 0 Å². The molecule has 0 amide bonds. The van der Waals surface area contributed by atoms with Crippen LogP contribution in [0.3, 0.4) is 0 Å². The molecule has 0 fully saturated rings. The van der Waals surface area contributed by atoms with Gasteiger partial charge in [-0.3, -0.25) is 0 Å². The van der Waals surface area contributed by atoms with Crippen LogP contribution in [0.15, 0.2) is 12.3 Å². The molecular formula is C14H23N3. The molecule has 0 saturated carbocycles. The predicted octanol–water partition coefficient (Wildman–Crippen LogP) is 3.82. The van der Waals surface area contributed by atoms with Gasteiger partial charge in [0.1, 0.15) is 5.52 Å². The summed E-state index contributed by atoms with van der Waals surface area (Å²) >= 11 is 0. The monoisotopic (exact) mass is 233 g/mol. The maximum atomic E-state index is 4.30. The van der Waals surface area contributed by atoms with Crippen LogP contribution >= 0.6 is 0 Å². The molecule has 17 heavy (non-hydrogen) atoms. The first kappa shape index (κ1) is 13.7. The van der Waals surface area contributed by atoms with Crippen LogP contribution in [0.4, 0.5) is 0 Å². The molecular weight excluding hydrogens is 210 g/mol. The molecule has 2 aromatic heterocycles. The minimum Gasteiger partial charge on any atom is -0.349 e. The molecule has 0 aliphatic rings. The summed E-state index contributed by atoms with van der Waals surface area (Å²) in [6.45, 7) is 10.4. The average Bonchev–Trinajstić information content (AvgIpc) is 2.68. The second kappa shape index (κ2) is 5.80. The first-order valence-corrected chi connectivity index (χ1v) is 6.42. The van der Waals surface area contributed by atoms with Crippen LogP contribution in [0.25, 0.3) is 11.0 Å². The Morgan fingerprint density at radius 1 is 1.29 bits per heavy atom. The Morgan fingerprint density at radius 3 is 2.53 bits per heavy atom. The quantitative estimate of drug-likeness (QED) is 0.789. The first-order valence-electron chi connectivity index (χ1n) is 6.42. The normalized spacial score (nSPS) is 12.1. The van der Waals surface area contributed by atoms with E-state index in [2.05, 4.69) is 47.9 Å². The fourth-order valence-corrected chi connectivity index (χ4v) is 1.87. The summed E-state index contributed by atoms with van der Waals surface area (Å²) in [5, 5.41) is 8.43. The van der Waals surface area contributed by atoms with Gasteiger partial charge in [0.2, 0.25) is 0 Å². The molecule has 0 saturated heterocycles. The molecule has 0 spiro atoms. The third-order valence-corrected chi connectivity index (χ3v) is 3.03. The number of hydrogen-bond acceptors (Lipinski definition) is 2. The third kappa shape index (κ3) is 2.65. The summed E-state index contributed by atoms with van der Waals surface area (Å²) in [5.74, 6) is 0.547. The zero-order valence-corrected chi connectivity index (χ0v) is 11.8. The number of rotatable bonds is 2. The highest BCUT2D eigenvalue weighted by atomic mass is 15.1. The second-order valence-electron chi connectivity index (χ2n) is 4.22. The predicted molar refractivity (Wildman–Crippen MR) is 73.3 cm³/mol. The van der Waals surface area contributed by atoms with Gasteiger partial charge >= 0.3 is 0 Å². The van der Waals surface area contributed by atoms with E-state index in [0.717, 1.165) is 17.6 Å². The number of hydrogen-bond donors (Lipinski definition) is 0. The topological polar surface area (TPSA) is 30.7 Å². The average molecular weight is 233 g/mol. The molecule has 0 radical (unpaired) electrons. The molecule has 0 aromatic carbocycles. The van der Waals surface area contributed by atoms with Crippen LogP contribution < -0.4 is 0 Å². The van der Waals surface area contributed by atoms with Gasteiger partial charge in [-0.05, 0) is 25.3 Å². The lowest BCUT2D eigenvalue weighted by atomic mass is 10.0. The van der Waals surface area contributed by atoms with Gasteiger partial charge in [0.15, 0.2) is 0 Å². The van der Waals surface area contributed by atoms with Crippen molar-refractivity contribution in [3.05, 3.63) is 23.5 Å². The molecule has 0 N–H and O–H groups in total. The van der Waals surface area contributed by atoms with Crippen molar-refractivity contribution >= 4 is 11.0 Å². The standard InChI is InChI=1S/C12H17N3.C2H6/c1-5-8(2)10-7-15(4)11-6-9(3)13-14-12(10)11;1-2/h6-8H,5H2,1-4H3;1-2H3. The summed E-state index contributed by atoms with van der Waals surface area (Å²) < 4.78 is 2.14. The van der Waals surface area contributed by atoms with Gasteiger partial charge in [0.25, 0.3) is 0 Å². The zero-order valence-electron chi connectivity index (χ0n) is 11.8. The van der Waals surface area contributed by atoms with E-state index in [-0.39, 0.29) is 0 Å². The number of nitrogens with zero attached hydrogens (tertiary/aromatic N) is 3. The number of aromatic nitrogens is 3. The van der Waals surface area contributed by atoms with Crippen LogP contribution in [-0.4, -0.2) is 14.8 Å². The highest BCUT2D eigenvalue weighted by Gasteiger charge is 2.13. The Kier molecular flexibility index (Phi) is 4.67. The molecule has 1 unspecified atom stereocenters. The van der Waals surface area contributed by atoms with Crippen LogP contribution in [0.1, 0.15) is 51.3 Å². The van der Waals surface area contributed by atoms with E-state index in [1.807, 2.05) is 20.8 Å². The zero-order chi connectivity index (χ0) is 13.0. The minimum absolute atomic E-state index is 0.547. The summed E-state index contributed by atoms with van der Waals surface area (Å²) in [6, 6.07) is 2.09. The van der Waals surface area contributed by atoms with Crippen LogP contribution in [0.2, 0.25) is 0 Å². The summed E-state index contributed by atoms with van der Waals surface area (Å²) in [6.07, 6.45) is 3.31. The SMILES string of the molecule is CC.CCC(C)c1cn(C)c2cc(C)nnc12. The van der Waals surface area contributed by atoms with E-state index in [1.165, 1.54) is 11.1 Å². The summed E-state index contributed by atoms with van der Waals surface area (Å²) in [4.78, 5) is 0. The van der Waals surface area contributed by atoms with Gasteiger partial charge in [-0.2, -0.15) is 5.10 Å². The molecule has 2 heterocycles. The Labute approximate surface area is 104 Å². The van der Waals surface area contributed by atoms with Crippen LogP contribution in [0.5, 0.6) is 0 Å². The molecule has 3 nitrogen and oxygen atoms in total. The maximum absolute atomic E-state index is 4.30. The lowest BCUT2D eigenvalue weighted by molar-refractivity contribution is 0.732. The van der Waals surface area contributed by atoms with E-state index in [0.29, 0.717) is 5.92 Å².